The van der Waals surface area contributed by atoms with Gasteiger partial charge in [-0.2, -0.15) is 5.26 Å². The molecule has 6 nitrogen and oxygen atoms in total. The quantitative estimate of drug-likeness (QED) is 0.789. The van der Waals surface area contributed by atoms with Crippen molar-refractivity contribution >= 4 is 40.9 Å². The first-order valence-corrected chi connectivity index (χ1v) is 9.19. The second-order valence-electron chi connectivity index (χ2n) is 5.64. The van der Waals surface area contributed by atoms with E-state index in [9.17, 15) is 19.2 Å². The predicted molar refractivity (Wildman–Crippen MR) is 99.3 cm³/mol. The minimum Gasteiger partial charge on any atom is -0.469 e. The van der Waals surface area contributed by atoms with Crippen LogP contribution in [0.5, 0.6) is 0 Å². The van der Waals surface area contributed by atoms with Crippen LogP contribution in [0.1, 0.15) is 18.1 Å². The van der Waals surface area contributed by atoms with Gasteiger partial charge in [0.2, 0.25) is 11.8 Å². The topological polar surface area (TPSA) is 95.1 Å². The molecule has 1 aromatic heterocycles. The van der Waals surface area contributed by atoms with Crippen LogP contribution in [-0.4, -0.2) is 17.6 Å². The van der Waals surface area contributed by atoms with E-state index in [1.54, 1.807) is 12.1 Å². The minimum absolute atomic E-state index is 0.0549. The van der Waals surface area contributed by atoms with Gasteiger partial charge in [-0.3, -0.25) is 9.59 Å². The lowest BCUT2D eigenvalue weighted by Crippen LogP contribution is -2.31. The number of amides is 2. The zero-order valence-electron chi connectivity index (χ0n) is 13.8. The van der Waals surface area contributed by atoms with E-state index in [0.29, 0.717) is 22.0 Å². The highest BCUT2D eigenvalue weighted by Gasteiger charge is 2.31. The predicted octanol–water partition coefficient (Wildman–Crippen LogP) is 3.78. The highest BCUT2D eigenvalue weighted by atomic mass is 35.5. The van der Waals surface area contributed by atoms with Gasteiger partial charge in [0.05, 0.1) is 39.6 Å². The van der Waals surface area contributed by atoms with E-state index < -0.39 is 11.7 Å². The summed E-state index contributed by atoms with van der Waals surface area (Å²) < 4.78 is 18.5. The van der Waals surface area contributed by atoms with Crippen LogP contribution >= 0.6 is 23.4 Å². The molecule has 0 bridgehead atoms. The Morgan fingerprint density at radius 2 is 2.30 bits per heavy atom. The van der Waals surface area contributed by atoms with Crippen LogP contribution in [0.3, 0.4) is 0 Å². The lowest BCUT2D eigenvalue weighted by Gasteiger charge is -2.23. The summed E-state index contributed by atoms with van der Waals surface area (Å²) in [6, 6.07) is 9.32. The zero-order chi connectivity index (χ0) is 19.4. The van der Waals surface area contributed by atoms with Gasteiger partial charge in [0.1, 0.15) is 11.6 Å². The molecule has 0 saturated heterocycles. The van der Waals surface area contributed by atoms with Crippen LogP contribution in [0.2, 0.25) is 5.02 Å². The highest BCUT2D eigenvalue weighted by Crippen LogP contribution is 2.36. The van der Waals surface area contributed by atoms with E-state index in [2.05, 4.69) is 16.7 Å². The highest BCUT2D eigenvalue weighted by molar-refractivity contribution is 8.03. The van der Waals surface area contributed by atoms with Crippen LogP contribution in [0, 0.1) is 17.1 Å². The van der Waals surface area contributed by atoms with E-state index in [4.69, 9.17) is 16.0 Å². The van der Waals surface area contributed by atoms with Crippen LogP contribution in [0.15, 0.2) is 51.6 Å². The Balaban J connectivity index is 1.71. The number of thioether (sulfide) groups is 1. The summed E-state index contributed by atoms with van der Waals surface area (Å²) in [4.78, 5) is 24.1. The van der Waals surface area contributed by atoms with Crippen LogP contribution in [0.25, 0.3) is 0 Å². The van der Waals surface area contributed by atoms with Crippen LogP contribution < -0.4 is 10.6 Å². The van der Waals surface area contributed by atoms with Crippen molar-refractivity contribution in [1.29, 1.82) is 5.26 Å². The Morgan fingerprint density at radius 3 is 2.96 bits per heavy atom. The van der Waals surface area contributed by atoms with Gasteiger partial charge < -0.3 is 15.1 Å². The number of halogens is 2. The fourth-order valence-electron chi connectivity index (χ4n) is 2.57. The zero-order valence-corrected chi connectivity index (χ0v) is 15.4. The number of nitrogens with zero attached hydrogens (tertiary/aromatic N) is 1. The molecule has 2 amide bonds. The normalized spacial score (nSPS) is 16.6. The van der Waals surface area contributed by atoms with Crippen molar-refractivity contribution in [2.45, 2.75) is 12.3 Å². The second kappa shape index (κ2) is 8.29. The van der Waals surface area contributed by atoms with Gasteiger partial charge in [-0.25, -0.2) is 4.39 Å². The molecule has 0 saturated carbocycles. The SMILES string of the molecule is N#CC1=C(SCC(=O)Nc2ccc(F)c(Cl)c2)NC(=O)C[C@H]1c1ccco1. The fourth-order valence-corrected chi connectivity index (χ4v) is 3.63. The molecule has 2 N–H and O–H groups in total. The number of hydrogen-bond acceptors (Lipinski definition) is 5. The lowest BCUT2D eigenvalue weighted by atomic mass is 9.92. The first kappa shape index (κ1) is 19.0. The summed E-state index contributed by atoms with van der Waals surface area (Å²) in [5, 5.41) is 14.9. The molecule has 1 aromatic carbocycles. The maximum atomic E-state index is 13.2. The van der Waals surface area contributed by atoms with E-state index in [1.165, 1.54) is 18.4 Å². The number of nitrogens with one attached hydrogen (secondary N) is 2. The van der Waals surface area contributed by atoms with E-state index in [1.807, 2.05) is 0 Å². The number of carbonyl (C=O) groups is 2. The van der Waals surface area contributed by atoms with Crippen LogP contribution in [-0.2, 0) is 9.59 Å². The van der Waals surface area contributed by atoms with Gasteiger partial charge in [0.15, 0.2) is 0 Å². The third-order valence-electron chi connectivity index (χ3n) is 3.79. The number of furan rings is 1. The summed E-state index contributed by atoms with van der Waals surface area (Å²) in [6.45, 7) is 0. The Labute approximate surface area is 163 Å². The van der Waals surface area contributed by atoms with Crippen molar-refractivity contribution in [3.8, 4) is 6.07 Å². The van der Waals surface area contributed by atoms with Crippen molar-refractivity contribution in [2.75, 3.05) is 11.1 Å². The molecule has 2 heterocycles. The Hall–Kier alpha value is -2.76. The molecule has 1 aliphatic rings. The molecule has 27 heavy (non-hydrogen) atoms. The summed E-state index contributed by atoms with van der Waals surface area (Å²) in [5.74, 6) is -1.25. The maximum Gasteiger partial charge on any atom is 0.234 e. The smallest absolute Gasteiger partial charge is 0.234 e. The summed E-state index contributed by atoms with van der Waals surface area (Å²) in [5.41, 5.74) is 0.690. The van der Waals surface area contributed by atoms with Gasteiger partial charge in [-0.15, -0.1) is 0 Å². The summed E-state index contributed by atoms with van der Waals surface area (Å²) in [6.07, 6.45) is 1.58. The molecule has 0 aliphatic carbocycles. The third kappa shape index (κ3) is 4.51. The van der Waals surface area contributed by atoms with Crippen LogP contribution in [0.4, 0.5) is 10.1 Å². The molecule has 3 rings (SSSR count). The number of anilines is 1. The molecular weight excluding hydrogens is 393 g/mol. The molecule has 138 valence electrons. The number of benzene rings is 1. The molecule has 0 radical (unpaired) electrons. The molecule has 1 aliphatic heterocycles. The molecule has 0 fully saturated rings. The number of hydrogen-bond donors (Lipinski definition) is 2. The first-order valence-electron chi connectivity index (χ1n) is 7.83. The molecule has 0 unspecified atom stereocenters. The van der Waals surface area contributed by atoms with Crippen molar-refractivity contribution in [3.63, 3.8) is 0 Å². The van der Waals surface area contributed by atoms with Gasteiger partial charge in [-0.1, -0.05) is 23.4 Å². The molecule has 0 spiro atoms. The van der Waals surface area contributed by atoms with Gasteiger partial charge in [0, 0.05) is 12.1 Å². The molecule has 9 heteroatoms. The molecule has 2 aromatic rings. The standard InChI is InChI=1S/C18H13ClFN3O3S/c19-13-6-10(3-4-14(13)20)22-17(25)9-27-18-12(8-21)11(7-16(24)23-18)15-2-1-5-26-15/h1-6,11H,7,9H2,(H,22,25)(H,23,24)/t11-/m1/s1. The average molecular weight is 406 g/mol. The number of rotatable bonds is 5. The summed E-state index contributed by atoms with van der Waals surface area (Å²) in [7, 11) is 0. The van der Waals surface area contributed by atoms with Crippen molar-refractivity contribution in [2.24, 2.45) is 0 Å². The van der Waals surface area contributed by atoms with Gasteiger partial charge in [-0.05, 0) is 30.3 Å². The van der Waals surface area contributed by atoms with Gasteiger partial charge in [0.25, 0.3) is 0 Å². The largest absolute Gasteiger partial charge is 0.469 e. The summed E-state index contributed by atoms with van der Waals surface area (Å²) >= 11 is 6.72. The lowest BCUT2D eigenvalue weighted by molar-refractivity contribution is -0.121. The number of allylic oxidation sites excluding steroid dienone is 1. The van der Waals surface area contributed by atoms with Crippen molar-refractivity contribution < 1.29 is 18.4 Å². The van der Waals surface area contributed by atoms with E-state index >= 15 is 0 Å². The molecular formula is C18H13ClFN3O3S. The van der Waals surface area contributed by atoms with E-state index in [-0.39, 0.29) is 29.0 Å². The van der Waals surface area contributed by atoms with Gasteiger partial charge >= 0.3 is 0 Å². The van der Waals surface area contributed by atoms with Crippen molar-refractivity contribution in [1.82, 2.24) is 5.32 Å². The third-order valence-corrected chi connectivity index (χ3v) is 5.10. The first-order chi connectivity index (χ1) is 13.0. The molecule has 1 atom stereocenters. The maximum absolute atomic E-state index is 13.2. The number of carbonyl (C=O) groups excluding carboxylic acids is 2. The fraction of sp³-hybridized carbons (Fsp3) is 0.167. The Kier molecular flexibility index (Phi) is 5.84. The average Bonchev–Trinajstić information content (AvgIpc) is 3.17. The minimum atomic E-state index is -0.582. The number of nitriles is 1. The van der Waals surface area contributed by atoms with E-state index in [0.717, 1.165) is 17.8 Å². The van der Waals surface area contributed by atoms with Crippen molar-refractivity contribution in [3.05, 3.63) is 63.8 Å². The second-order valence-corrected chi connectivity index (χ2v) is 7.03. The monoisotopic (exact) mass is 405 g/mol. The Morgan fingerprint density at radius 1 is 1.48 bits per heavy atom. The Bertz CT molecular complexity index is 953.